The summed E-state index contributed by atoms with van der Waals surface area (Å²) in [5.74, 6) is 1.92. The van der Waals surface area contributed by atoms with Crippen LogP contribution in [0.3, 0.4) is 0 Å². The first kappa shape index (κ1) is 24.0. The van der Waals surface area contributed by atoms with E-state index in [1.807, 2.05) is 49.4 Å². The first-order chi connectivity index (χ1) is 18.4. The van der Waals surface area contributed by atoms with Gasteiger partial charge in [-0.25, -0.2) is 9.79 Å². The quantitative estimate of drug-likeness (QED) is 0.362. The highest BCUT2D eigenvalue weighted by atomic mass is 32.1. The predicted molar refractivity (Wildman–Crippen MR) is 142 cm³/mol. The summed E-state index contributed by atoms with van der Waals surface area (Å²) in [6.45, 7) is 5.85. The molecule has 0 fully saturated rings. The lowest BCUT2D eigenvalue weighted by molar-refractivity contribution is -0.139. The van der Waals surface area contributed by atoms with Gasteiger partial charge in [-0.3, -0.25) is 9.36 Å². The van der Waals surface area contributed by atoms with E-state index in [0.29, 0.717) is 49.2 Å². The predicted octanol–water partition coefficient (Wildman–Crippen LogP) is 4.10. The fourth-order valence-electron chi connectivity index (χ4n) is 4.70. The molecule has 2 aromatic heterocycles. The Morgan fingerprint density at radius 3 is 2.79 bits per heavy atom. The summed E-state index contributed by atoms with van der Waals surface area (Å²) >= 11 is 1.25. The molecule has 4 heterocycles. The second-order valence-corrected chi connectivity index (χ2v) is 10.00. The molecule has 0 N–H and O–H groups in total. The Morgan fingerprint density at radius 2 is 1.97 bits per heavy atom. The molecule has 2 aromatic carbocycles. The van der Waals surface area contributed by atoms with Crippen LogP contribution in [0.5, 0.6) is 11.5 Å². The third-order valence-electron chi connectivity index (χ3n) is 6.43. The molecule has 0 bridgehead atoms. The average Bonchev–Trinajstić information content (AvgIpc) is 3.63. The molecule has 1 atom stereocenters. The average molecular weight is 529 g/mol. The third-order valence-corrected chi connectivity index (χ3v) is 7.42. The number of benzene rings is 2. The second kappa shape index (κ2) is 9.50. The first-order valence-corrected chi connectivity index (χ1v) is 13.0. The van der Waals surface area contributed by atoms with Gasteiger partial charge in [-0.15, -0.1) is 0 Å². The minimum atomic E-state index is -0.735. The largest absolute Gasteiger partial charge is 0.463 e. The van der Waals surface area contributed by atoms with Crippen molar-refractivity contribution in [3.8, 4) is 22.8 Å². The van der Waals surface area contributed by atoms with E-state index in [9.17, 15) is 9.59 Å². The Hall–Kier alpha value is -4.37. The number of allylic oxidation sites excluding steroid dienone is 1. The number of fused-ring (bicyclic) bond motifs is 2. The number of aromatic nitrogens is 1. The van der Waals surface area contributed by atoms with Crippen molar-refractivity contribution in [3.05, 3.63) is 102 Å². The van der Waals surface area contributed by atoms with Crippen LogP contribution >= 0.6 is 11.3 Å². The number of rotatable bonds is 5. The monoisotopic (exact) mass is 528 g/mol. The third kappa shape index (κ3) is 4.14. The molecule has 192 valence electrons. The zero-order valence-corrected chi connectivity index (χ0v) is 21.8. The smallest absolute Gasteiger partial charge is 0.338 e. The molecule has 1 unspecified atom stereocenters. The number of carbonyl (C=O) groups is 1. The van der Waals surface area contributed by atoms with E-state index in [1.165, 1.54) is 15.9 Å². The lowest BCUT2D eigenvalue weighted by atomic mass is 9.95. The van der Waals surface area contributed by atoms with Crippen molar-refractivity contribution in [1.82, 2.24) is 4.57 Å². The van der Waals surface area contributed by atoms with Gasteiger partial charge in [-0.2, -0.15) is 0 Å². The molecule has 0 radical (unpaired) electrons. The number of esters is 1. The summed E-state index contributed by atoms with van der Waals surface area (Å²) in [6.07, 6.45) is 1.71. The maximum Gasteiger partial charge on any atom is 0.338 e. The van der Waals surface area contributed by atoms with Crippen molar-refractivity contribution in [2.45, 2.75) is 26.8 Å². The van der Waals surface area contributed by atoms with Crippen LogP contribution in [0, 0.1) is 6.92 Å². The highest BCUT2D eigenvalue weighted by molar-refractivity contribution is 7.07. The van der Waals surface area contributed by atoms with Crippen LogP contribution in [-0.2, 0) is 9.53 Å². The van der Waals surface area contributed by atoms with Crippen molar-refractivity contribution in [1.29, 1.82) is 0 Å². The first-order valence-electron chi connectivity index (χ1n) is 12.2. The maximum absolute atomic E-state index is 13.8. The van der Waals surface area contributed by atoms with E-state index in [4.69, 9.17) is 18.6 Å². The number of ether oxygens (including phenoxy) is 3. The minimum absolute atomic E-state index is 0.120. The standard InChI is InChI=1S/C29H24N2O6S/c1-4-34-28(33)25-17(3)30-29-31(26(25)19-8-10-22-23(13-19)36-15-35-22)27(32)24(38-29)14-20-9-11-21(37-20)18-7-5-6-16(2)12-18/h5-14,26H,4,15H2,1-3H3/b24-14-. The summed E-state index contributed by atoms with van der Waals surface area (Å²) < 4.78 is 24.4. The minimum Gasteiger partial charge on any atom is -0.463 e. The number of hydrogen-bond acceptors (Lipinski definition) is 8. The molecule has 2 aliphatic heterocycles. The molecule has 8 nitrogen and oxygen atoms in total. The molecule has 0 amide bonds. The summed E-state index contributed by atoms with van der Waals surface area (Å²) in [7, 11) is 0. The summed E-state index contributed by atoms with van der Waals surface area (Å²) in [5, 5.41) is 0. The van der Waals surface area contributed by atoms with Gasteiger partial charge in [0.05, 0.1) is 28.5 Å². The summed E-state index contributed by atoms with van der Waals surface area (Å²) in [6, 6.07) is 16.4. The molecule has 2 aliphatic rings. The number of furan rings is 1. The van der Waals surface area contributed by atoms with E-state index in [1.54, 1.807) is 32.1 Å². The number of thiazole rings is 1. The lowest BCUT2D eigenvalue weighted by Crippen LogP contribution is -2.39. The molecular formula is C29H24N2O6S. The van der Waals surface area contributed by atoms with Gasteiger partial charge in [0.2, 0.25) is 6.79 Å². The summed E-state index contributed by atoms with van der Waals surface area (Å²) in [5.41, 5.74) is 3.31. The molecule has 0 saturated carbocycles. The van der Waals surface area contributed by atoms with E-state index in [2.05, 4.69) is 4.99 Å². The van der Waals surface area contributed by atoms with Crippen LogP contribution < -0.4 is 24.4 Å². The van der Waals surface area contributed by atoms with Crippen LogP contribution in [0.4, 0.5) is 0 Å². The van der Waals surface area contributed by atoms with Gasteiger partial charge < -0.3 is 18.6 Å². The van der Waals surface area contributed by atoms with Crippen molar-refractivity contribution in [2.75, 3.05) is 13.4 Å². The fourth-order valence-corrected chi connectivity index (χ4v) is 5.73. The number of hydrogen-bond donors (Lipinski definition) is 0. The lowest BCUT2D eigenvalue weighted by Gasteiger charge is -2.24. The van der Waals surface area contributed by atoms with E-state index < -0.39 is 12.0 Å². The Balaban J connectivity index is 1.48. The number of nitrogens with zero attached hydrogens (tertiary/aromatic N) is 2. The number of aryl methyl sites for hydroxylation is 1. The molecule has 0 spiro atoms. The molecule has 0 saturated heterocycles. The van der Waals surface area contributed by atoms with E-state index >= 15 is 0 Å². The zero-order chi connectivity index (χ0) is 26.4. The Kier molecular flexibility index (Phi) is 6.00. The highest BCUT2D eigenvalue weighted by Gasteiger charge is 2.34. The van der Waals surface area contributed by atoms with Crippen LogP contribution in [0.25, 0.3) is 17.4 Å². The molecule has 9 heteroatoms. The molecule has 38 heavy (non-hydrogen) atoms. The van der Waals surface area contributed by atoms with Crippen molar-refractivity contribution >= 4 is 23.4 Å². The normalized spacial score (nSPS) is 16.4. The fraction of sp³-hybridized carbons (Fsp3) is 0.207. The zero-order valence-electron chi connectivity index (χ0n) is 21.0. The highest BCUT2D eigenvalue weighted by Crippen LogP contribution is 2.38. The van der Waals surface area contributed by atoms with Gasteiger partial charge in [0.25, 0.3) is 5.56 Å². The van der Waals surface area contributed by atoms with Gasteiger partial charge in [-0.05, 0) is 56.7 Å². The van der Waals surface area contributed by atoms with Gasteiger partial charge in [0, 0.05) is 11.6 Å². The topological polar surface area (TPSA) is 92.3 Å². The van der Waals surface area contributed by atoms with Crippen molar-refractivity contribution < 1.29 is 23.4 Å². The second-order valence-electron chi connectivity index (χ2n) is 8.99. The van der Waals surface area contributed by atoms with E-state index in [-0.39, 0.29) is 19.0 Å². The Morgan fingerprint density at radius 1 is 1.13 bits per heavy atom. The van der Waals surface area contributed by atoms with Gasteiger partial charge in [0.15, 0.2) is 16.3 Å². The van der Waals surface area contributed by atoms with Crippen molar-refractivity contribution in [2.24, 2.45) is 4.99 Å². The Bertz CT molecular complexity index is 1790. The Labute approximate surface area is 221 Å². The molecule has 0 aliphatic carbocycles. The van der Waals surface area contributed by atoms with Crippen LogP contribution in [-0.4, -0.2) is 23.9 Å². The SMILES string of the molecule is CCOC(=O)C1=C(C)N=c2s/c(=C\c3ccc(-c4cccc(C)c4)o3)c(=O)n2C1c1ccc2c(c1)OCO2. The van der Waals surface area contributed by atoms with Crippen molar-refractivity contribution in [3.63, 3.8) is 0 Å². The molecule has 6 rings (SSSR count). The van der Waals surface area contributed by atoms with Crippen LogP contribution in [0.15, 0.2) is 80.1 Å². The van der Waals surface area contributed by atoms with Gasteiger partial charge >= 0.3 is 5.97 Å². The molecule has 4 aromatic rings. The van der Waals surface area contributed by atoms with Crippen LogP contribution in [0.2, 0.25) is 0 Å². The van der Waals surface area contributed by atoms with Crippen LogP contribution in [0.1, 0.15) is 36.8 Å². The molecular weight excluding hydrogens is 504 g/mol. The van der Waals surface area contributed by atoms with E-state index in [0.717, 1.165) is 11.1 Å². The maximum atomic E-state index is 13.8. The van der Waals surface area contributed by atoms with Gasteiger partial charge in [-0.1, -0.05) is 41.2 Å². The van der Waals surface area contributed by atoms with Gasteiger partial charge in [0.1, 0.15) is 11.5 Å². The number of carbonyl (C=O) groups excluding carboxylic acids is 1. The summed E-state index contributed by atoms with van der Waals surface area (Å²) in [4.78, 5) is 32.0.